The molecule has 1 aromatic rings. The summed E-state index contributed by atoms with van der Waals surface area (Å²) in [5.41, 5.74) is 0.725. The number of rotatable bonds is 7. The Kier molecular flexibility index (Phi) is 6.07. The molecule has 0 N–H and O–H groups in total. The van der Waals surface area contributed by atoms with Gasteiger partial charge in [-0.05, 0) is 57.8 Å². The molecule has 0 saturated carbocycles. The van der Waals surface area contributed by atoms with Crippen LogP contribution in [0.3, 0.4) is 0 Å². The van der Waals surface area contributed by atoms with E-state index in [0.717, 1.165) is 11.0 Å². The Labute approximate surface area is 150 Å². The molecule has 1 aliphatic heterocycles. The molecule has 25 heavy (non-hydrogen) atoms. The van der Waals surface area contributed by atoms with Crippen LogP contribution in [0.4, 0.5) is 0 Å². The van der Waals surface area contributed by atoms with Crippen molar-refractivity contribution in [1.82, 2.24) is 0 Å². The number of hydrogen-bond acceptors (Lipinski definition) is 6. The van der Waals surface area contributed by atoms with Crippen LogP contribution in [0.25, 0.3) is 0 Å². The van der Waals surface area contributed by atoms with E-state index in [4.69, 9.17) is 23.1 Å². The first kappa shape index (κ1) is 20.5. The summed E-state index contributed by atoms with van der Waals surface area (Å²) in [5.74, 6) is 0.670. The highest BCUT2D eigenvalue weighted by atomic mass is 31.2. The van der Waals surface area contributed by atoms with Gasteiger partial charge in [0.25, 0.3) is 0 Å². The second-order valence-corrected chi connectivity index (χ2v) is 9.33. The summed E-state index contributed by atoms with van der Waals surface area (Å²) in [6, 6.07) is 5.62. The Morgan fingerprint density at radius 3 is 2.08 bits per heavy atom. The van der Waals surface area contributed by atoms with Crippen molar-refractivity contribution in [3.8, 4) is 5.75 Å². The van der Waals surface area contributed by atoms with E-state index in [9.17, 15) is 4.57 Å². The average Bonchev–Trinajstić information content (AvgIpc) is 2.75. The lowest BCUT2D eigenvalue weighted by molar-refractivity contribution is 0.00578. The van der Waals surface area contributed by atoms with Crippen LogP contribution in [-0.2, 0) is 29.1 Å². The molecule has 0 atom stereocenters. The average molecular weight is 370 g/mol. The Morgan fingerprint density at radius 1 is 1.04 bits per heavy atom. The maximum atomic E-state index is 12.5. The minimum atomic E-state index is -3.18. The molecule has 0 aliphatic carbocycles. The van der Waals surface area contributed by atoms with Gasteiger partial charge < -0.3 is 23.1 Å². The summed E-state index contributed by atoms with van der Waals surface area (Å²) in [6.07, 6.45) is 0.146. The van der Waals surface area contributed by atoms with Crippen molar-refractivity contribution in [1.29, 1.82) is 0 Å². The molecule has 1 aliphatic rings. The Bertz CT molecular complexity index is 637. The highest BCUT2D eigenvalue weighted by Gasteiger charge is 2.51. The molecule has 1 aromatic carbocycles. The summed E-state index contributed by atoms with van der Waals surface area (Å²) >= 11 is 0. The fourth-order valence-corrected chi connectivity index (χ4v) is 3.61. The maximum absolute atomic E-state index is 12.5. The van der Waals surface area contributed by atoms with Crippen LogP contribution < -0.4 is 10.2 Å². The van der Waals surface area contributed by atoms with Crippen LogP contribution in [0.5, 0.6) is 5.75 Å². The van der Waals surface area contributed by atoms with Crippen LogP contribution in [0.2, 0.25) is 0 Å². The van der Waals surface area contributed by atoms with Gasteiger partial charge in [-0.2, -0.15) is 0 Å². The van der Waals surface area contributed by atoms with Crippen molar-refractivity contribution >= 4 is 20.2 Å². The predicted molar refractivity (Wildman–Crippen MR) is 98.7 cm³/mol. The van der Waals surface area contributed by atoms with Crippen molar-refractivity contribution in [2.45, 2.75) is 52.0 Å². The standard InChI is InChI=1S/C17H28BO6P/c1-8-22-15-10-13(12-25(19,20-6)21-7)9-14(11-15)18-23-16(2,3)17(4,5)24-18/h9-11H,8,12H2,1-7H3. The fourth-order valence-electron chi connectivity index (χ4n) is 2.57. The van der Waals surface area contributed by atoms with E-state index in [1.54, 1.807) is 0 Å². The summed E-state index contributed by atoms with van der Waals surface area (Å²) in [4.78, 5) is 0. The third kappa shape index (κ3) is 4.47. The van der Waals surface area contributed by atoms with E-state index in [2.05, 4.69) is 0 Å². The molecule has 0 aromatic heterocycles. The third-order valence-electron chi connectivity index (χ3n) is 4.76. The minimum Gasteiger partial charge on any atom is -0.494 e. The van der Waals surface area contributed by atoms with E-state index in [1.165, 1.54) is 14.2 Å². The van der Waals surface area contributed by atoms with Gasteiger partial charge in [0.05, 0.1) is 24.0 Å². The number of ether oxygens (including phenoxy) is 1. The molecule has 0 spiro atoms. The monoisotopic (exact) mass is 370 g/mol. The van der Waals surface area contributed by atoms with Gasteiger partial charge in [0.15, 0.2) is 0 Å². The van der Waals surface area contributed by atoms with Gasteiger partial charge in [0.1, 0.15) is 5.75 Å². The van der Waals surface area contributed by atoms with Crippen molar-refractivity contribution in [2.75, 3.05) is 20.8 Å². The van der Waals surface area contributed by atoms with E-state index in [-0.39, 0.29) is 6.16 Å². The largest absolute Gasteiger partial charge is 0.494 e. The maximum Gasteiger partial charge on any atom is 0.494 e. The SMILES string of the molecule is CCOc1cc(CP(=O)(OC)OC)cc(B2OC(C)(C)C(C)(C)O2)c1. The Balaban J connectivity index is 2.37. The van der Waals surface area contributed by atoms with Gasteiger partial charge in [-0.25, -0.2) is 0 Å². The van der Waals surface area contributed by atoms with Crippen LogP contribution in [0, 0.1) is 0 Å². The Hall–Kier alpha value is -0.845. The molecule has 1 heterocycles. The summed E-state index contributed by atoms with van der Waals surface area (Å²) in [5, 5.41) is 0. The Morgan fingerprint density at radius 2 is 1.60 bits per heavy atom. The van der Waals surface area contributed by atoms with Gasteiger partial charge in [-0.15, -0.1) is 0 Å². The topological polar surface area (TPSA) is 63.2 Å². The molecular formula is C17H28BO6P. The summed E-state index contributed by atoms with van der Waals surface area (Å²) < 4.78 is 40.5. The van der Waals surface area contributed by atoms with E-state index < -0.39 is 25.9 Å². The second kappa shape index (κ2) is 7.41. The molecule has 0 bridgehead atoms. The zero-order valence-electron chi connectivity index (χ0n) is 16.1. The van der Waals surface area contributed by atoms with Crippen LogP contribution in [0.1, 0.15) is 40.2 Å². The van der Waals surface area contributed by atoms with Gasteiger partial charge in [0, 0.05) is 14.2 Å². The number of hydrogen-bond donors (Lipinski definition) is 0. The van der Waals surface area contributed by atoms with Gasteiger partial charge in [-0.1, -0.05) is 6.07 Å². The van der Waals surface area contributed by atoms with E-state index >= 15 is 0 Å². The van der Waals surface area contributed by atoms with Crippen LogP contribution in [-0.4, -0.2) is 39.1 Å². The molecular weight excluding hydrogens is 342 g/mol. The molecule has 2 rings (SSSR count). The first-order chi connectivity index (χ1) is 11.6. The molecule has 0 amide bonds. The summed E-state index contributed by atoms with van der Waals surface area (Å²) in [6.45, 7) is 10.5. The van der Waals surface area contributed by atoms with E-state index in [0.29, 0.717) is 12.4 Å². The zero-order chi connectivity index (χ0) is 18.9. The third-order valence-corrected chi connectivity index (χ3v) is 6.62. The lowest BCUT2D eigenvalue weighted by atomic mass is 9.78. The highest BCUT2D eigenvalue weighted by molar-refractivity contribution is 7.52. The second-order valence-electron chi connectivity index (χ2n) is 7.07. The lowest BCUT2D eigenvalue weighted by Crippen LogP contribution is -2.41. The van der Waals surface area contributed by atoms with Crippen LogP contribution >= 0.6 is 7.60 Å². The molecule has 0 unspecified atom stereocenters. The molecule has 140 valence electrons. The lowest BCUT2D eigenvalue weighted by Gasteiger charge is -2.32. The minimum absolute atomic E-state index is 0.146. The molecule has 1 fully saturated rings. The molecule has 6 nitrogen and oxygen atoms in total. The molecule has 1 saturated heterocycles. The first-order valence-corrected chi connectivity index (χ1v) is 10.1. The fraction of sp³-hybridized carbons (Fsp3) is 0.647. The van der Waals surface area contributed by atoms with Gasteiger partial charge in [-0.3, -0.25) is 4.57 Å². The van der Waals surface area contributed by atoms with Crippen LogP contribution in [0.15, 0.2) is 18.2 Å². The van der Waals surface area contributed by atoms with E-state index in [1.807, 2.05) is 52.8 Å². The normalized spacial score (nSPS) is 19.2. The van der Waals surface area contributed by atoms with Crippen molar-refractivity contribution < 1.29 is 27.7 Å². The molecule has 8 heteroatoms. The predicted octanol–water partition coefficient (Wildman–Crippen LogP) is 3.37. The number of benzene rings is 1. The quantitative estimate of drug-likeness (QED) is 0.542. The van der Waals surface area contributed by atoms with Crippen molar-refractivity contribution in [3.63, 3.8) is 0 Å². The van der Waals surface area contributed by atoms with Gasteiger partial charge in [0.2, 0.25) is 0 Å². The first-order valence-electron chi connectivity index (χ1n) is 8.38. The van der Waals surface area contributed by atoms with Gasteiger partial charge >= 0.3 is 14.7 Å². The highest BCUT2D eigenvalue weighted by Crippen LogP contribution is 2.50. The smallest absolute Gasteiger partial charge is 0.494 e. The zero-order valence-corrected chi connectivity index (χ0v) is 17.0. The summed E-state index contributed by atoms with van der Waals surface area (Å²) in [7, 11) is -0.940. The van der Waals surface area contributed by atoms with Crippen molar-refractivity contribution in [2.24, 2.45) is 0 Å². The van der Waals surface area contributed by atoms with Crippen molar-refractivity contribution in [3.05, 3.63) is 23.8 Å². The molecule has 0 radical (unpaired) electrons.